The van der Waals surface area contributed by atoms with Crippen molar-refractivity contribution in [2.45, 2.75) is 69.4 Å². The lowest BCUT2D eigenvalue weighted by Crippen LogP contribution is -2.49. The fourth-order valence-electron chi connectivity index (χ4n) is 8.04. The van der Waals surface area contributed by atoms with Gasteiger partial charge in [-0.25, -0.2) is 0 Å². The van der Waals surface area contributed by atoms with Crippen LogP contribution >= 0.6 is 11.5 Å². The molecular weight excluding hydrogens is 484 g/mol. The fourth-order valence-corrected chi connectivity index (χ4v) is 8.83. The zero-order valence-electron chi connectivity index (χ0n) is 21.6. The maximum atomic E-state index is 11.2. The molecule has 5 atom stereocenters. The molecule has 7 nitrogen and oxygen atoms in total. The summed E-state index contributed by atoms with van der Waals surface area (Å²) in [6, 6.07) is 8.51. The van der Waals surface area contributed by atoms with Crippen LogP contribution in [0.3, 0.4) is 0 Å². The lowest BCUT2D eigenvalue weighted by molar-refractivity contribution is 0.0438. The number of hydrogen-bond acceptors (Lipinski definition) is 7. The largest absolute Gasteiger partial charge is 0.494 e. The highest BCUT2D eigenvalue weighted by molar-refractivity contribution is 7.13. The summed E-state index contributed by atoms with van der Waals surface area (Å²) in [5.41, 5.74) is 0.942. The number of nitrogens with zero attached hydrogens (tertiary/aromatic N) is 4. The van der Waals surface area contributed by atoms with Crippen LogP contribution in [-0.2, 0) is 6.54 Å². The standard InChI is InChI=1S/C29H38N4O3S/c1-29(36)15-20-14-22(29)25-24(20)27(34)33(28(25)35)17-19-7-3-2-6-18(19)16-31-10-12-32(13-11-31)26-21-8-4-5-9-23(21)37-30-26/h4-5,8-9,18-20,22,34-36H,2-3,6-7,10-17H2,1H3/t18-,19?,20+,22+,29+/m0/s1. The molecule has 0 amide bonds. The highest BCUT2D eigenvalue weighted by atomic mass is 32.1. The zero-order chi connectivity index (χ0) is 25.3. The van der Waals surface area contributed by atoms with Crippen LogP contribution in [0, 0.1) is 11.8 Å². The van der Waals surface area contributed by atoms with Crippen LogP contribution in [0.15, 0.2) is 24.3 Å². The number of piperazine rings is 1. The summed E-state index contributed by atoms with van der Waals surface area (Å²) in [6.07, 6.45) is 6.35. The molecule has 3 N–H and O–H groups in total. The highest BCUT2D eigenvalue weighted by Crippen LogP contribution is 2.63. The van der Waals surface area contributed by atoms with Crippen LogP contribution < -0.4 is 4.90 Å². The van der Waals surface area contributed by atoms with Gasteiger partial charge in [-0.3, -0.25) is 9.47 Å². The third-order valence-corrected chi connectivity index (χ3v) is 10.8. The predicted molar refractivity (Wildman–Crippen MR) is 147 cm³/mol. The van der Waals surface area contributed by atoms with E-state index in [9.17, 15) is 15.3 Å². The molecule has 198 valence electrons. The van der Waals surface area contributed by atoms with E-state index in [0.29, 0.717) is 24.8 Å². The molecule has 2 bridgehead atoms. The first-order chi connectivity index (χ1) is 17.9. The third kappa shape index (κ3) is 3.86. The molecule has 2 aromatic heterocycles. The molecule has 3 aromatic rings. The van der Waals surface area contributed by atoms with Crippen molar-refractivity contribution in [3.8, 4) is 11.8 Å². The first kappa shape index (κ1) is 23.8. The molecule has 2 saturated carbocycles. The minimum Gasteiger partial charge on any atom is -0.494 e. The molecule has 37 heavy (non-hydrogen) atoms. The van der Waals surface area contributed by atoms with Crippen LogP contribution in [0.25, 0.3) is 10.1 Å². The van der Waals surface area contributed by atoms with E-state index < -0.39 is 5.60 Å². The Morgan fingerprint density at radius 2 is 1.68 bits per heavy atom. The Balaban J connectivity index is 1.03. The molecule has 1 unspecified atom stereocenters. The molecule has 1 aromatic carbocycles. The quantitative estimate of drug-likeness (QED) is 0.444. The van der Waals surface area contributed by atoms with Gasteiger partial charge in [-0.05, 0) is 74.0 Å². The van der Waals surface area contributed by atoms with E-state index in [1.807, 2.05) is 6.92 Å². The molecule has 0 radical (unpaired) electrons. The van der Waals surface area contributed by atoms with Gasteiger partial charge >= 0.3 is 0 Å². The van der Waals surface area contributed by atoms with Gasteiger partial charge in [0.25, 0.3) is 0 Å². The minimum atomic E-state index is -0.784. The van der Waals surface area contributed by atoms with Gasteiger partial charge in [0.15, 0.2) is 11.8 Å². The number of aliphatic hydroxyl groups is 1. The minimum absolute atomic E-state index is 0.0621. The summed E-state index contributed by atoms with van der Waals surface area (Å²) in [5, 5.41) is 34.4. The number of aromatic hydroxyl groups is 2. The molecule has 1 saturated heterocycles. The van der Waals surface area contributed by atoms with E-state index in [1.165, 1.54) is 29.3 Å². The molecule has 7 rings (SSSR count). The van der Waals surface area contributed by atoms with Crippen molar-refractivity contribution >= 4 is 27.4 Å². The monoisotopic (exact) mass is 522 g/mol. The summed E-state index contributed by atoms with van der Waals surface area (Å²) >= 11 is 1.59. The van der Waals surface area contributed by atoms with Gasteiger partial charge < -0.3 is 20.2 Å². The lowest BCUT2D eigenvalue weighted by atomic mass is 9.78. The van der Waals surface area contributed by atoms with Crippen LogP contribution in [0.1, 0.15) is 68.4 Å². The first-order valence-electron chi connectivity index (χ1n) is 14.1. The Labute approximate surface area is 222 Å². The number of anilines is 1. The van der Waals surface area contributed by atoms with E-state index in [0.717, 1.165) is 62.5 Å². The Hall–Kier alpha value is -2.29. The summed E-state index contributed by atoms with van der Waals surface area (Å²) < 4.78 is 7.79. The maximum Gasteiger partial charge on any atom is 0.197 e. The summed E-state index contributed by atoms with van der Waals surface area (Å²) in [4.78, 5) is 5.05. The van der Waals surface area contributed by atoms with Crippen molar-refractivity contribution < 1.29 is 15.3 Å². The molecule has 0 spiro atoms. The van der Waals surface area contributed by atoms with E-state index in [2.05, 4.69) is 34.1 Å². The van der Waals surface area contributed by atoms with Crippen molar-refractivity contribution in [1.29, 1.82) is 0 Å². The van der Waals surface area contributed by atoms with E-state index in [-0.39, 0.29) is 23.6 Å². The van der Waals surface area contributed by atoms with Crippen molar-refractivity contribution in [3.05, 3.63) is 35.4 Å². The summed E-state index contributed by atoms with van der Waals surface area (Å²) in [6.45, 7) is 7.71. The first-order valence-corrected chi connectivity index (χ1v) is 14.9. The van der Waals surface area contributed by atoms with Gasteiger partial charge in [0, 0.05) is 61.7 Å². The normalized spacial score (nSPS) is 31.9. The summed E-state index contributed by atoms with van der Waals surface area (Å²) in [7, 11) is 0. The van der Waals surface area contributed by atoms with Gasteiger partial charge in [0.2, 0.25) is 0 Å². The number of fused-ring (bicyclic) bond motifs is 6. The molecule has 8 heteroatoms. The van der Waals surface area contributed by atoms with Gasteiger partial charge in [-0.1, -0.05) is 25.0 Å². The lowest BCUT2D eigenvalue weighted by Gasteiger charge is -2.40. The smallest absolute Gasteiger partial charge is 0.197 e. The highest BCUT2D eigenvalue weighted by Gasteiger charge is 2.54. The maximum absolute atomic E-state index is 11.2. The number of hydrogen-bond donors (Lipinski definition) is 3. The molecule has 1 aliphatic heterocycles. The second kappa shape index (κ2) is 8.89. The second-order valence-electron chi connectivity index (χ2n) is 12.2. The van der Waals surface area contributed by atoms with Crippen molar-refractivity contribution in [1.82, 2.24) is 13.8 Å². The van der Waals surface area contributed by atoms with Gasteiger partial charge in [-0.2, -0.15) is 4.37 Å². The fraction of sp³-hybridized carbons (Fsp3) is 0.621. The molecular formula is C29H38N4O3S. The van der Waals surface area contributed by atoms with Crippen molar-refractivity contribution in [3.63, 3.8) is 0 Å². The zero-order valence-corrected chi connectivity index (χ0v) is 22.5. The predicted octanol–water partition coefficient (Wildman–Crippen LogP) is 4.86. The van der Waals surface area contributed by atoms with Gasteiger partial charge in [0.1, 0.15) is 5.82 Å². The third-order valence-electron chi connectivity index (χ3n) is 9.98. The number of aromatic nitrogens is 2. The van der Waals surface area contributed by atoms with Gasteiger partial charge in [-0.15, -0.1) is 0 Å². The average molecular weight is 523 g/mol. The van der Waals surface area contributed by atoms with E-state index in [1.54, 1.807) is 16.1 Å². The van der Waals surface area contributed by atoms with Gasteiger partial charge in [0.05, 0.1) is 10.3 Å². The molecule has 4 aliphatic rings. The van der Waals surface area contributed by atoms with E-state index >= 15 is 0 Å². The van der Waals surface area contributed by atoms with Crippen molar-refractivity contribution in [2.75, 3.05) is 37.6 Å². The van der Waals surface area contributed by atoms with E-state index in [4.69, 9.17) is 4.37 Å². The molecule has 3 fully saturated rings. The SMILES string of the molecule is C[C@@]1(O)C[C@H]2C[C@@H]1c1c2c(O)n(CC2CCCC[C@H]2CN2CCN(c3nsc4ccccc34)CC2)c1O. The Kier molecular flexibility index (Phi) is 5.72. The molecule has 3 aliphatic carbocycles. The Morgan fingerprint density at radius 3 is 2.46 bits per heavy atom. The van der Waals surface area contributed by atoms with Crippen LogP contribution in [0.5, 0.6) is 11.8 Å². The number of benzene rings is 1. The van der Waals surface area contributed by atoms with Crippen LogP contribution in [-0.4, -0.2) is 67.5 Å². The van der Waals surface area contributed by atoms with Crippen molar-refractivity contribution in [2.24, 2.45) is 11.8 Å². The average Bonchev–Trinajstić information content (AvgIpc) is 3.62. The van der Waals surface area contributed by atoms with Crippen LogP contribution in [0.4, 0.5) is 5.82 Å². The van der Waals surface area contributed by atoms with Crippen LogP contribution in [0.2, 0.25) is 0 Å². The molecule has 3 heterocycles. The Morgan fingerprint density at radius 1 is 0.973 bits per heavy atom. The Bertz CT molecular complexity index is 1310. The number of rotatable bonds is 5. The topological polar surface area (TPSA) is 85.0 Å². The summed E-state index contributed by atoms with van der Waals surface area (Å²) in [5.74, 6) is 2.70. The second-order valence-corrected chi connectivity index (χ2v) is 13.0.